The first kappa shape index (κ1) is 18.1. The number of imide groups is 1. The van der Waals surface area contributed by atoms with Crippen LogP contribution in [0.2, 0.25) is 0 Å². The highest BCUT2D eigenvalue weighted by Gasteiger charge is 2.71. The van der Waals surface area contributed by atoms with Crippen molar-refractivity contribution in [2.24, 2.45) is 11.8 Å². The van der Waals surface area contributed by atoms with Crippen LogP contribution in [0, 0.1) is 18.8 Å². The predicted molar refractivity (Wildman–Crippen MR) is 114 cm³/mol. The van der Waals surface area contributed by atoms with E-state index in [1.54, 1.807) is 24.3 Å². The highest BCUT2D eigenvalue weighted by Crippen LogP contribution is 2.64. The fourth-order valence-corrected chi connectivity index (χ4v) is 6.19. The predicted octanol–water partition coefficient (Wildman–Crippen LogP) is 3.63. The van der Waals surface area contributed by atoms with Crippen molar-refractivity contribution in [1.82, 2.24) is 0 Å². The molecule has 1 aliphatic heterocycles. The lowest BCUT2D eigenvalue weighted by atomic mass is 9.47. The number of hydrogen-bond acceptors (Lipinski definition) is 3. The Balaban J connectivity index is 1.69. The van der Waals surface area contributed by atoms with Crippen LogP contribution in [0.5, 0.6) is 0 Å². The van der Waals surface area contributed by atoms with Crippen molar-refractivity contribution >= 4 is 23.5 Å². The van der Waals surface area contributed by atoms with Gasteiger partial charge in [0.2, 0.25) is 11.8 Å². The molecular weight excluding hydrogens is 390 g/mol. The van der Waals surface area contributed by atoms with E-state index in [0.29, 0.717) is 16.8 Å². The number of rotatable bonds is 2. The van der Waals surface area contributed by atoms with E-state index in [4.69, 9.17) is 0 Å². The van der Waals surface area contributed by atoms with Crippen molar-refractivity contribution in [3.8, 4) is 0 Å². The number of carboxylic acid groups (broad SMARTS) is 1. The van der Waals surface area contributed by atoms with E-state index < -0.39 is 29.1 Å². The summed E-state index contributed by atoms with van der Waals surface area (Å²) in [7, 11) is 0. The molecule has 5 heteroatoms. The molecule has 1 saturated heterocycles. The van der Waals surface area contributed by atoms with E-state index in [9.17, 15) is 19.5 Å². The summed E-state index contributed by atoms with van der Waals surface area (Å²) in [5.41, 5.74) is 2.65. The molecule has 0 spiro atoms. The van der Waals surface area contributed by atoms with Crippen molar-refractivity contribution in [1.29, 1.82) is 0 Å². The summed E-state index contributed by atoms with van der Waals surface area (Å²) in [4.78, 5) is 42.0. The number of anilines is 1. The van der Waals surface area contributed by atoms with Crippen LogP contribution in [0.3, 0.4) is 0 Å². The van der Waals surface area contributed by atoms with Gasteiger partial charge >= 0.3 is 5.97 Å². The second-order valence-electron chi connectivity index (χ2n) is 8.57. The zero-order valence-electron chi connectivity index (χ0n) is 16.8. The van der Waals surface area contributed by atoms with E-state index in [-0.39, 0.29) is 11.8 Å². The van der Waals surface area contributed by atoms with Gasteiger partial charge in [0.25, 0.3) is 0 Å². The zero-order chi connectivity index (χ0) is 21.5. The third-order valence-corrected chi connectivity index (χ3v) is 7.31. The minimum atomic E-state index is -1.59. The van der Waals surface area contributed by atoms with Gasteiger partial charge in [-0.1, -0.05) is 66.7 Å². The van der Waals surface area contributed by atoms with Gasteiger partial charge < -0.3 is 5.11 Å². The molecule has 2 amide bonds. The lowest BCUT2D eigenvalue weighted by Crippen LogP contribution is -2.57. The van der Waals surface area contributed by atoms with Gasteiger partial charge in [-0.15, -0.1) is 0 Å². The number of carbonyl (C=O) groups is 3. The summed E-state index contributed by atoms with van der Waals surface area (Å²) >= 11 is 0. The smallest absolute Gasteiger partial charge is 0.319 e. The molecule has 7 rings (SSSR count). The highest BCUT2D eigenvalue weighted by atomic mass is 16.4. The summed E-state index contributed by atoms with van der Waals surface area (Å²) < 4.78 is 0. The van der Waals surface area contributed by atoms with Crippen LogP contribution < -0.4 is 4.90 Å². The van der Waals surface area contributed by atoms with Gasteiger partial charge in [-0.3, -0.25) is 14.4 Å². The molecule has 0 aromatic heterocycles. The second kappa shape index (κ2) is 5.91. The molecule has 31 heavy (non-hydrogen) atoms. The summed E-state index contributed by atoms with van der Waals surface area (Å²) in [6.07, 6.45) is 0. The number of carboxylic acids is 1. The molecule has 1 fully saturated rings. The Kier molecular flexibility index (Phi) is 3.45. The molecule has 4 aliphatic rings. The van der Waals surface area contributed by atoms with Crippen LogP contribution in [0.1, 0.15) is 33.7 Å². The Morgan fingerprint density at radius 3 is 1.97 bits per heavy atom. The summed E-state index contributed by atoms with van der Waals surface area (Å²) in [5.74, 6) is -3.90. The number of carbonyl (C=O) groups excluding carboxylic acids is 2. The first-order valence-electron chi connectivity index (χ1n) is 10.3. The van der Waals surface area contributed by atoms with Gasteiger partial charge in [-0.25, -0.2) is 4.90 Å². The lowest BCUT2D eigenvalue weighted by molar-refractivity contribution is -0.149. The maximum atomic E-state index is 13.9. The Morgan fingerprint density at radius 1 is 0.839 bits per heavy atom. The fraction of sp³-hybridized carbons (Fsp3) is 0.192. The molecule has 2 atom stereocenters. The summed E-state index contributed by atoms with van der Waals surface area (Å²) in [6.45, 7) is 1.85. The van der Waals surface area contributed by atoms with Gasteiger partial charge in [-0.2, -0.15) is 0 Å². The fourth-order valence-electron chi connectivity index (χ4n) is 6.19. The minimum absolute atomic E-state index is 0.316. The first-order chi connectivity index (χ1) is 15.0. The Morgan fingerprint density at radius 2 is 1.39 bits per heavy atom. The number of nitrogens with zero attached hydrogens (tertiary/aromatic N) is 1. The molecule has 5 nitrogen and oxygen atoms in total. The molecule has 1 heterocycles. The van der Waals surface area contributed by atoms with Gasteiger partial charge in [0.05, 0.1) is 17.5 Å². The number of amides is 2. The van der Waals surface area contributed by atoms with Crippen LogP contribution in [-0.4, -0.2) is 22.9 Å². The maximum Gasteiger partial charge on any atom is 0.319 e. The van der Waals surface area contributed by atoms with Crippen molar-refractivity contribution in [2.75, 3.05) is 4.90 Å². The van der Waals surface area contributed by atoms with E-state index in [1.807, 2.05) is 55.5 Å². The van der Waals surface area contributed by atoms with Crippen molar-refractivity contribution in [3.05, 3.63) is 101 Å². The highest BCUT2D eigenvalue weighted by molar-refractivity contribution is 6.25. The first-order valence-corrected chi connectivity index (χ1v) is 10.3. The molecule has 2 bridgehead atoms. The van der Waals surface area contributed by atoms with E-state index in [2.05, 4.69) is 0 Å². The Labute approximate surface area is 178 Å². The zero-order valence-corrected chi connectivity index (χ0v) is 16.8. The number of aryl methyl sites for hydroxylation is 1. The van der Waals surface area contributed by atoms with E-state index in [1.165, 1.54) is 4.90 Å². The topological polar surface area (TPSA) is 74.7 Å². The van der Waals surface area contributed by atoms with Gasteiger partial charge in [0.1, 0.15) is 5.41 Å². The molecule has 152 valence electrons. The Hall–Kier alpha value is -3.73. The Bertz CT molecular complexity index is 1260. The van der Waals surface area contributed by atoms with Crippen LogP contribution in [0.4, 0.5) is 5.69 Å². The molecular formula is C26H19NO4. The van der Waals surface area contributed by atoms with Crippen molar-refractivity contribution in [3.63, 3.8) is 0 Å². The monoisotopic (exact) mass is 409 g/mol. The summed E-state index contributed by atoms with van der Waals surface area (Å²) in [5, 5.41) is 10.7. The van der Waals surface area contributed by atoms with Gasteiger partial charge in [-0.05, 0) is 40.8 Å². The second-order valence-corrected chi connectivity index (χ2v) is 8.57. The summed E-state index contributed by atoms with van der Waals surface area (Å²) in [6, 6.07) is 22.0. The van der Waals surface area contributed by atoms with Gasteiger partial charge in [0, 0.05) is 5.92 Å². The van der Waals surface area contributed by atoms with Crippen LogP contribution in [-0.2, 0) is 19.8 Å². The molecule has 3 aromatic rings. The SMILES string of the molecule is Cc1ccccc1N1C(=O)[C@@H]2[C@@H](C1=O)C1c3ccccc3C2(C(=O)O)c2ccccc21. The van der Waals surface area contributed by atoms with Crippen molar-refractivity contribution < 1.29 is 19.5 Å². The maximum absolute atomic E-state index is 13.9. The normalized spacial score (nSPS) is 27.6. The van der Waals surface area contributed by atoms with E-state index in [0.717, 1.165) is 16.7 Å². The average Bonchev–Trinajstić information content (AvgIpc) is 3.05. The minimum Gasteiger partial charge on any atom is -0.480 e. The quantitative estimate of drug-likeness (QED) is 0.656. The molecule has 3 aromatic carbocycles. The van der Waals surface area contributed by atoms with Crippen LogP contribution >= 0.6 is 0 Å². The number of para-hydroxylation sites is 1. The standard InChI is InChI=1S/C26H19NO4/c1-14-8-2-7-13-19(14)27-23(28)21-20-15-9-3-5-11-17(15)26(25(30)31,22(21)24(27)29)18-12-6-4-10-16(18)20/h2-13,20-22H,1H3,(H,30,31)/t20?,21-,22-,26?/m0/s1. The third-order valence-electron chi connectivity index (χ3n) is 7.31. The number of aliphatic carboxylic acids is 1. The molecule has 1 N–H and O–H groups in total. The van der Waals surface area contributed by atoms with E-state index >= 15 is 0 Å². The number of hydrogen-bond donors (Lipinski definition) is 1. The molecule has 0 radical (unpaired) electrons. The van der Waals surface area contributed by atoms with Crippen LogP contribution in [0.15, 0.2) is 72.8 Å². The largest absolute Gasteiger partial charge is 0.480 e. The van der Waals surface area contributed by atoms with Crippen LogP contribution in [0.25, 0.3) is 0 Å². The van der Waals surface area contributed by atoms with Crippen molar-refractivity contribution in [2.45, 2.75) is 18.3 Å². The lowest BCUT2D eigenvalue weighted by Gasteiger charge is -2.51. The molecule has 0 unspecified atom stereocenters. The average molecular weight is 409 g/mol. The van der Waals surface area contributed by atoms with Gasteiger partial charge in [0.15, 0.2) is 0 Å². The number of benzene rings is 3. The molecule has 3 aliphatic carbocycles. The third kappa shape index (κ3) is 1.94. The molecule has 0 saturated carbocycles.